The van der Waals surface area contributed by atoms with Gasteiger partial charge >= 0.3 is 0 Å². The monoisotopic (exact) mass is 276 g/mol. The topological polar surface area (TPSA) is 52.6 Å². The lowest BCUT2D eigenvalue weighted by Crippen LogP contribution is -2.49. The van der Waals surface area contributed by atoms with Crippen LogP contribution in [0.25, 0.3) is 0 Å². The molecule has 1 aromatic carbocycles. The van der Waals surface area contributed by atoms with E-state index in [0.717, 1.165) is 31.4 Å². The molecule has 1 heterocycles. The first-order valence-corrected chi connectivity index (χ1v) is 7.39. The van der Waals surface area contributed by atoms with E-state index in [1.165, 1.54) is 0 Å². The zero-order valence-corrected chi connectivity index (χ0v) is 12.1. The van der Waals surface area contributed by atoms with Gasteiger partial charge in [-0.2, -0.15) is 0 Å². The van der Waals surface area contributed by atoms with E-state index in [1.807, 2.05) is 37.3 Å². The molecule has 4 heteroatoms. The SMILES string of the molecule is C[C@@H](O)[C@@H]1CCCCN1CC(=O)NCc1ccccc1. The van der Waals surface area contributed by atoms with Crippen LogP contribution in [0.4, 0.5) is 0 Å². The van der Waals surface area contributed by atoms with Gasteiger partial charge in [0.15, 0.2) is 0 Å². The van der Waals surface area contributed by atoms with Gasteiger partial charge in [0.1, 0.15) is 0 Å². The second kappa shape index (κ2) is 7.41. The number of amides is 1. The molecule has 0 aromatic heterocycles. The Balaban J connectivity index is 1.81. The highest BCUT2D eigenvalue weighted by molar-refractivity contribution is 5.78. The average molecular weight is 276 g/mol. The van der Waals surface area contributed by atoms with Crippen molar-refractivity contribution in [2.45, 2.75) is 44.9 Å². The Hall–Kier alpha value is -1.39. The van der Waals surface area contributed by atoms with Gasteiger partial charge in [0, 0.05) is 12.6 Å². The molecule has 0 bridgehead atoms. The summed E-state index contributed by atoms with van der Waals surface area (Å²) in [6.45, 7) is 3.65. The van der Waals surface area contributed by atoms with E-state index in [2.05, 4.69) is 10.2 Å². The van der Waals surface area contributed by atoms with Crippen LogP contribution in [0.15, 0.2) is 30.3 Å². The minimum absolute atomic E-state index is 0.0291. The lowest BCUT2D eigenvalue weighted by atomic mass is 9.98. The van der Waals surface area contributed by atoms with Crippen LogP contribution in [0.2, 0.25) is 0 Å². The average Bonchev–Trinajstić information content (AvgIpc) is 2.46. The van der Waals surface area contributed by atoms with E-state index in [1.54, 1.807) is 0 Å². The summed E-state index contributed by atoms with van der Waals surface area (Å²) in [6.07, 6.45) is 2.84. The van der Waals surface area contributed by atoms with Gasteiger partial charge in [-0.3, -0.25) is 9.69 Å². The molecule has 0 saturated carbocycles. The fourth-order valence-corrected chi connectivity index (χ4v) is 2.80. The smallest absolute Gasteiger partial charge is 0.234 e. The molecule has 2 rings (SSSR count). The van der Waals surface area contributed by atoms with Crippen molar-refractivity contribution in [3.05, 3.63) is 35.9 Å². The van der Waals surface area contributed by atoms with Crippen LogP contribution in [-0.4, -0.2) is 41.1 Å². The van der Waals surface area contributed by atoms with Crippen molar-refractivity contribution in [1.29, 1.82) is 0 Å². The predicted molar refractivity (Wildman–Crippen MR) is 79.2 cm³/mol. The first-order chi connectivity index (χ1) is 9.66. The lowest BCUT2D eigenvalue weighted by Gasteiger charge is -2.36. The summed E-state index contributed by atoms with van der Waals surface area (Å²) >= 11 is 0. The zero-order valence-electron chi connectivity index (χ0n) is 12.1. The van der Waals surface area contributed by atoms with Crippen molar-refractivity contribution >= 4 is 5.91 Å². The molecule has 0 aliphatic carbocycles. The Morgan fingerprint density at radius 2 is 2.15 bits per heavy atom. The molecule has 110 valence electrons. The maximum absolute atomic E-state index is 12.0. The van der Waals surface area contributed by atoms with Gasteiger partial charge < -0.3 is 10.4 Å². The molecule has 2 atom stereocenters. The number of hydrogen-bond donors (Lipinski definition) is 2. The van der Waals surface area contributed by atoms with E-state index in [-0.39, 0.29) is 18.1 Å². The van der Waals surface area contributed by atoms with Crippen molar-refractivity contribution in [3.63, 3.8) is 0 Å². The van der Waals surface area contributed by atoms with Gasteiger partial charge in [-0.15, -0.1) is 0 Å². The van der Waals surface area contributed by atoms with Gasteiger partial charge in [-0.05, 0) is 31.9 Å². The first-order valence-electron chi connectivity index (χ1n) is 7.39. The fourth-order valence-electron chi connectivity index (χ4n) is 2.80. The van der Waals surface area contributed by atoms with Gasteiger partial charge in [0.2, 0.25) is 5.91 Å². The Kier molecular flexibility index (Phi) is 5.56. The van der Waals surface area contributed by atoms with Crippen molar-refractivity contribution < 1.29 is 9.90 Å². The van der Waals surface area contributed by atoms with Gasteiger partial charge in [-0.1, -0.05) is 36.8 Å². The van der Waals surface area contributed by atoms with E-state index in [0.29, 0.717) is 13.1 Å². The molecule has 0 radical (unpaired) electrons. The number of rotatable bonds is 5. The van der Waals surface area contributed by atoms with Crippen molar-refractivity contribution in [3.8, 4) is 0 Å². The summed E-state index contributed by atoms with van der Waals surface area (Å²) in [4.78, 5) is 14.1. The summed E-state index contributed by atoms with van der Waals surface area (Å²) in [6, 6.07) is 10.0. The lowest BCUT2D eigenvalue weighted by molar-refractivity contribution is -0.124. The second-order valence-electron chi connectivity index (χ2n) is 5.54. The highest BCUT2D eigenvalue weighted by atomic mass is 16.3. The third-order valence-corrected chi connectivity index (χ3v) is 3.90. The van der Waals surface area contributed by atoms with Crippen LogP contribution in [0.5, 0.6) is 0 Å². The molecule has 2 N–H and O–H groups in total. The van der Waals surface area contributed by atoms with Gasteiger partial charge in [0.25, 0.3) is 0 Å². The highest BCUT2D eigenvalue weighted by Gasteiger charge is 2.27. The van der Waals surface area contributed by atoms with E-state index >= 15 is 0 Å². The number of carbonyl (C=O) groups excluding carboxylic acids is 1. The van der Waals surface area contributed by atoms with Crippen molar-refractivity contribution in [1.82, 2.24) is 10.2 Å². The van der Waals surface area contributed by atoms with Crippen LogP contribution < -0.4 is 5.32 Å². The molecule has 1 saturated heterocycles. The standard InChI is InChI=1S/C16H24N2O2/c1-13(19)15-9-5-6-10-18(15)12-16(20)17-11-14-7-3-2-4-8-14/h2-4,7-8,13,15,19H,5-6,9-12H2,1H3,(H,17,20)/t13-,15+/m1/s1. The van der Waals surface area contributed by atoms with Crippen LogP contribution in [-0.2, 0) is 11.3 Å². The maximum atomic E-state index is 12.0. The zero-order chi connectivity index (χ0) is 14.4. The number of carbonyl (C=O) groups is 1. The Labute approximate surface area is 120 Å². The van der Waals surface area contributed by atoms with Crippen molar-refractivity contribution in [2.75, 3.05) is 13.1 Å². The van der Waals surface area contributed by atoms with Crippen LogP contribution >= 0.6 is 0 Å². The molecule has 1 aliphatic heterocycles. The van der Waals surface area contributed by atoms with Gasteiger partial charge in [-0.25, -0.2) is 0 Å². The number of aliphatic hydroxyl groups is 1. The van der Waals surface area contributed by atoms with Crippen molar-refractivity contribution in [2.24, 2.45) is 0 Å². The Morgan fingerprint density at radius 3 is 2.85 bits per heavy atom. The minimum Gasteiger partial charge on any atom is -0.392 e. The minimum atomic E-state index is -0.378. The first kappa shape index (κ1) is 15.0. The number of aliphatic hydroxyl groups excluding tert-OH is 1. The number of nitrogens with zero attached hydrogens (tertiary/aromatic N) is 1. The summed E-state index contributed by atoms with van der Waals surface area (Å²) in [5, 5.41) is 12.7. The number of piperidine rings is 1. The Bertz CT molecular complexity index is 420. The van der Waals surface area contributed by atoms with E-state index < -0.39 is 0 Å². The number of benzene rings is 1. The third kappa shape index (κ3) is 4.32. The summed E-state index contributed by atoms with van der Waals surface area (Å²) in [7, 11) is 0. The molecular formula is C16H24N2O2. The maximum Gasteiger partial charge on any atom is 0.234 e. The summed E-state index contributed by atoms with van der Waals surface area (Å²) < 4.78 is 0. The van der Waals surface area contributed by atoms with Crippen LogP contribution in [0.1, 0.15) is 31.7 Å². The van der Waals surface area contributed by atoms with Gasteiger partial charge in [0.05, 0.1) is 12.6 Å². The summed E-state index contributed by atoms with van der Waals surface area (Å²) in [5.41, 5.74) is 1.10. The second-order valence-corrected chi connectivity index (χ2v) is 5.54. The molecule has 1 aliphatic rings. The number of likely N-dealkylation sites (tertiary alicyclic amines) is 1. The molecule has 1 amide bonds. The molecule has 0 unspecified atom stereocenters. The Morgan fingerprint density at radius 1 is 1.40 bits per heavy atom. The number of nitrogens with one attached hydrogen (secondary N) is 1. The molecule has 1 aromatic rings. The molecule has 0 spiro atoms. The molecule has 1 fully saturated rings. The third-order valence-electron chi connectivity index (χ3n) is 3.90. The number of hydrogen-bond acceptors (Lipinski definition) is 3. The highest BCUT2D eigenvalue weighted by Crippen LogP contribution is 2.19. The van der Waals surface area contributed by atoms with E-state index in [9.17, 15) is 9.90 Å². The quantitative estimate of drug-likeness (QED) is 0.857. The normalized spacial score (nSPS) is 21.4. The largest absolute Gasteiger partial charge is 0.392 e. The van der Waals surface area contributed by atoms with Crippen LogP contribution in [0, 0.1) is 0 Å². The molecule has 20 heavy (non-hydrogen) atoms. The van der Waals surface area contributed by atoms with E-state index in [4.69, 9.17) is 0 Å². The predicted octanol–water partition coefficient (Wildman–Crippen LogP) is 1.54. The molecular weight excluding hydrogens is 252 g/mol. The summed E-state index contributed by atoms with van der Waals surface area (Å²) in [5.74, 6) is 0.0291. The molecule has 4 nitrogen and oxygen atoms in total. The van der Waals surface area contributed by atoms with Crippen LogP contribution in [0.3, 0.4) is 0 Å². The fraction of sp³-hybridized carbons (Fsp3) is 0.562.